The molecule has 0 saturated heterocycles. The first-order valence-electron chi connectivity index (χ1n) is 7.13. The lowest BCUT2D eigenvalue weighted by Crippen LogP contribution is -2.14. The van der Waals surface area contributed by atoms with Gasteiger partial charge in [-0.1, -0.05) is 51.7 Å². The Morgan fingerprint density at radius 2 is 1.89 bits per heavy atom. The van der Waals surface area contributed by atoms with E-state index in [4.69, 9.17) is 0 Å². The van der Waals surface area contributed by atoms with Gasteiger partial charge >= 0.3 is 0 Å². The van der Waals surface area contributed by atoms with E-state index in [1.54, 1.807) is 12.1 Å². The molecule has 0 heterocycles. The van der Waals surface area contributed by atoms with Crippen molar-refractivity contribution in [3.8, 4) is 0 Å². The van der Waals surface area contributed by atoms with Crippen LogP contribution in [0, 0.1) is 11.7 Å². The number of hydrogen-bond donors (Lipinski definition) is 1. The maximum absolute atomic E-state index is 12.9. The lowest BCUT2D eigenvalue weighted by molar-refractivity contribution is 0.512. The molecule has 1 rings (SSSR count). The second kappa shape index (κ2) is 9.09. The van der Waals surface area contributed by atoms with Crippen LogP contribution < -0.4 is 5.32 Å². The lowest BCUT2D eigenvalue weighted by Gasteiger charge is -2.06. The third-order valence-electron chi connectivity index (χ3n) is 3.10. The van der Waals surface area contributed by atoms with Gasteiger partial charge in [-0.25, -0.2) is 4.39 Å². The molecule has 0 unspecified atom stereocenters. The van der Waals surface area contributed by atoms with Crippen LogP contribution >= 0.6 is 0 Å². The van der Waals surface area contributed by atoms with Gasteiger partial charge in [0.1, 0.15) is 5.82 Å². The summed E-state index contributed by atoms with van der Waals surface area (Å²) < 4.78 is 12.9. The monoisotopic (exact) mass is 251 g/mol. The molecular formula is C16H26FN. The molecule has 1 N–H and O–H groups in total. The molecule has 0 aliphatic rings. The standard InChI is InChI=1S/C16H26FN/c1-14(2)8-5-3-4-6-11-18-13-15-9-7-10-16(17)12-15/h7,9-10,12,14,18H,3-6,8,11,13H2,1-2H3. The van der Waals surface area contributed by atoms with E-state index in [1.165, 1.54) is 38.2 Å². The fourth-order valence-corrected chi connectivity index (χ4v) is 2.04. The minimum atomic E-state index is -0.150. The Kier molecular flexibility index (Phi) is 7.66. The Balaban J connectivity index is 1.96. The Morgan fingerprint density at radius 1 is 1.11 bits per heavy atom. The highest BCUT2D eigenvalue weighted by atomic mass is 19.1. The zero-order valence-electron chi connectivity index (χ0n) is 11.7. The van der Waals surface area contributed by atoms with Gasteiger partial charge in [-0.15, -0.1) is 0 Å². The molecule has 1 aromatic carbocycles. The predicted molar refractivity (Wildman–Crippen MR) is 76.0 cm³/mol. The summed E-state index contributed by atoms with van der Waals surface area (Å²) >= 11 is 0. The molecule has 0 radical (unpaired) electrons. The molecule has 1 nitrogen and oxygen atoms in total. The zero-order valence-corrected chi connectivity index (χ0v) is 11.7. The Labute approximate surface area is 111 Å². The number of unbranched alkanes of at least 4 members (excludes halogenated alkanes) is 3. The van der Waals surface area contributed by atoms with E-state index in [-0.39, 0.29) is 5.82 Å². The van der Waals surface area contributed by atoms with Crippen LogP contribution in [0.4, 0.5) is 4.39 Å². The van der Waals surface area contributed by atoms with E-state index < -0.39 is 0 Å². The second-order valence-electron chi connectivity index (χ2n) is 5.40. The Morgan fingerprint density at radius 3 is 2.61 bits per heavy atom. The highest BCUT2D eigenvalue weighted by Gasteiger charge is 1.96. The van der Waals surface area contributed by atoms with Gasteiger partial charge in [0.2, 0.25) is 0 Å². The molecule has 102 valence electrons. The summed E-state index contributed by atoms with van der Waals surface area (Å²) in [6.07, 6.45) is 6.54. The third-order valence-corrected chi connectivity index (χ3v) is 3.10. The second-order valence-corrected chi connectivity index (χ2v) is 5.40. The van der Waals surface area contributed by atoms with E-state index in [0.717, 1.165) is 24.6 Å². The first-order chi connectivity index (χ1) is 8.68. The molecule has 18 heavy (non-hydrogen) atoms. The molecule has 0 aromatic heterocycles. The van der Waals surface area contributed by atoms with Crippen molar-refractivity contribution < 1.29 is 4.39 Å². The number of benzene rings is 1. The van der Waals surface area contributed by atoms with Crippen LogP contribution in [0.2, 0.25) is 0 Å². The number of hydrogen-bond acceptors (Lipinski definition) is 1. The van der Waals surface area contributed by atoms with Crippen LogP contribution in [-0.2, 0) is 6.54 Å². The summed E-state index contributed by atoms with van der Waals surface area (Å²) in [5.74, 6) is 0.680. The van der Waals surface area contributed by atoms with Gasteiger partial charge in [0.15, 0.2) is 0 Å². The lowest BCUT2D eigenvalue weighted by atomic mass is 10.0. The van der Waals surface area contributed by atoms with Crippen LogP contribution in [0.1, 0.15) is 51.5 Å². The van der Waals surface area contributed by atoms with E-state index in [2.05, 4.69) is 19.2 Å². The molecule has 0 atom stereocenters. The topological polar surface area (TPSA) is 12.0 Å². The predicted octanol–water partition coefficient (Wildman–Crippen LogP) is 4.52. The summed E-state index contributed by atoms with van der Waals surface area (Å²) in [5.41, 5.74) is 1.02. The Bertz CT molecular complexity index is 323. The van der Waals surface area contributed by atoms with Crippen molar-refractivity contribution in [1.29, 1.82) is 0 Å². The number of rotatable bonds is 9. The van der Waals surface area contributed by atoms with Gasteiger partial charge in [0.25, 0.3) is 0 Å². The summed E-state index contributed by atoms with van der Waals surface area (Å²) in [4.78, 5) is 0. The summed E-state index contributed by atoms with van der Waals surface area (Å²) in [5, 5.41) is 3.36. The van der Waals surface area contributed by atoms with E-state index in [9.17, 15) is 4.39 Å². The third kappa shape index (κ3) is 7.44. The van der Waals surface area contributed by atoms with Gasteiger partial charge < -0.3 is 5.32 Å². The molecular weight excluding hydrogens is 225 g/mol. The van der Waals surface area contributed by atoms with Crippen LogP contribution in [0.15, 0.2) is 24.3 Å². The van der Waals surface area contributed by atoms with Crippen LogP contribution in [0.5, 0.6) is 0 Å². The van der Waals surface area contributed by atoms with Crippen molar-refractivity contribution in [2.24, 2.45) is 5.92 Å². The largest absolute Gasteiger partial charge is 0.313 e. The highest BCUT2D eigenvalue weighted by Crippen LogP contribution is 2.09. The molecule has 2 heteroatoms. The highest BCUT2D eigenvalue weighted by molar-refractivity contribution is 5.15. The molecule has 0 amide bonds. The van der Waals surface area contributed by atoms with Crippen molar-refractivity contribution >= 4 is 0 Å². The quantitative estimate of drug-likeness (QED) is 0.636. The molecule has 0 fully saturated rings. The van der Waals surface area contributed by atoms with E-state index >= 15 is 0 Å². The van der Waals surface area contributed by atoms with E-state index in [1.807, 2.05) is 6.07 Å². The molecule has 0 aliphatic carbocycles. The van der Waals surface area contributed by atoms with Crippen molar-refractivity contribution in [2.45, 2.75) is 52.5 Å². The summed E-state index contributed by atoms with van der Waals surface area (Å²) in [6.45, 7) is 6.35. The van der Waals surface area contributed by atoms with E-state index in [0.29, 0.717) is 0 Å². The van der Waals surface area contributed by atoms with Crippen molar-refractivity contribution in [3.05, 3.63) is 35.6 Å². The van der Waals surface area contributed by atoms with Crippen molar-refractivity contribution in [2.75, 3.05) is 6.54 Å². The van der Waals surface area contributed by atoms with Gasteiger partial charge in [-0.05, 0) is 36.6 Å². The fourth-order valence-electron chi connectivity index (χ4n) is 2.04. The summed E-state index contributed by atoms with van der Waals surface area (Å²) in [7, 11) is 0. The van der Waals surface area contributed by atoms with Crippen molar-refractivity contribution in [1.82, 2.24) is 5.32 Å². The maximum atomic E-state index is 12.9. The van der Waals surface area contributed by atoms with Crippen molar-refractivity contribution in [3.63, 3.8) is 0 Å². The number of halogens is 1. The molecule has 0 aliphatic heterocycles. The van der Waals surface area contributed by atoms with Gasteiger partial charge in [-0.3, -0.25) is 0 Å². The zero-order chi connectivity index (χ0) is 13.2. The van der Waals surface area contributed by atoms with Gasteiger partial charge in [0.05, 0.1) is 0 Å². The number of nitrogens with one attached hydrogen (secondary N) is 1. The van der Waals surface area contributed by atoms with Crippen LogP contribution in [0.3, 0.4) is 0 Å². The SMILES string of the molecule is CC(C)CCCCCCNCc1cccc(F)c1. The summed E-state index contributed by atoms with van der Waals surface area (Å²) in [6, 6.07) is 6.80. The fraction of sp³-hybridized carbons (Fsp3) is 0.625. The van der Waals surface area contributed by atoms with Crippen LogP contribution in [-0.4, -0.2) is 6.54 Å². The van der Waals surface area contributed by atoms with Crippen LogP contribution in [0.25, 0.3) is 0 Å². The average Bonchev–Trinajstić information content (AvgIpc) is 2.32. The smallest absolute Gasteiger partial charge is 0.123 e. The first-order valence-corrected chi connectivity index (χ1v) is 7.13. The van der Waals surface area contributed by atoms with Gasteiger partial charge in [0, 0.05) is 6.54 Å². The molecule has 1 aromatic rings. The first kappa shape index (κ1) is 15.2. The molecule has 0 spiro atoms. The minimum absolute atomic E-state index is 0.150. The maximum Gasteiger partial charge on any atom is 0.123 e. The normalized spacial score (nSPS) is 11.1. The Hall–Kier alpha value is -0.890. The average molecular weight is 251 g/mol. The minimum Gasteiger partial charge on any atom is -0.313 e. The molecule has 0 saturated carbocycles. The molecule has 0 bridgehead atoms. The van der Waals surface area contributed by atoms with Gasteiger partial charge in [-0.2, -0.15) is 0 Å².